The van der Waals surface area contributed by atoms with Gasteiger partial charge in [-0.3, -0.25) is 0 Å². The Morgan fingerprint density at radius 2 is 1.48 bits per heavy atom. The molecule has 1 aromatic heterocycles. The van der Waals surface area contributed by atoms with Crippen LogP contribution in [-0.4, -0.2) is 8.80 Å². The summed E-state index contributed by atoms with van der Waals surface area (Å²) in [5, 5.41) is 11.7. The minimum atomic E-state index is -0.577. The van der Waals surface area contributed by atoms with Crippen molar-refractivity contribution in [1.29, 1.82) is 0 Å². The molecule has 0 spiro atoms. The van der Waals surface area contributed by atoms with Crippen molar-refractivity contribution in [1.82, 2.24) is 0 Å². The molecule has 0 saturated carbocycles. The van der Waals surface area contributed by atoms with Crippen LogP contribution in [0.3, 0.4) is 0 Å². The highest BCUT2D eigenvalue weighted by molar-refractivity contribution is 7.17. The van der Waals surface area contributed by atoms with Gasteiger partial charge in [0.05, 0.1) is 0 Å². The first-order chi connectivity index (χ1) is 12.2. The molecule has 0 aliphatic carbocycles. The largest absolute Gasteiger partial charge is 0.144 e. The summed E-state index contributed by atoms with van der Waals surface area (Å²) in [6.07, 6.45) is 0. The number of benzene rings is 4. The second-order valence-electron chi connectivity index (χ2n) is 7.41. The fraction of sp³-hybridized carbons (Fsp3) is 0.130. The van der Waals surface area contributed by atoms with Gasteiger partial charge in [-0.1, -0.05) is 55.1 Å². The van der Waals surface area contributed by atoms with E-state index < -0.39 is 8.80 Å². The molecule has 0 unspecified atom stereocenters. The van der Waals surface area contributed by atoms with E-state index in [0.717, 1.165) is 0 Å². The molecule has 5 rings (SSSR count). The molecule has 0 bridgehead atoms. The maximum atomic E-state index is 2.42. The topological polar surface area (TPSA) is 0 Å². The highest BCUT2D eigenvalue weighted by Crippen LogP contribution is 2.35. The van der Waals surface area contributed by atoms with E-state index in [2.05, 4.69) is 79.1 Å². The van der Waals surface area contributed by atoms with Crippen molar-refractivity contribution in [3.63, 3.8) is 0 Å². The zero-order chi connectivity index (χ0) is 17.0. The summed E-state index contributed by atoms with van der Waals surface area (Å²) in [6.45, 7) is 4.84. The van der Waals surface area contributed by atoms with Gasteiger partial charge in [-0.25, -0.2) is 0 Å². The Hall–Kier alpha value is -2.16. The number of hydrogen-bond acceptors (Lipinski definition) is 1. The predicted molar refractivity (Wildman–Crippen MR) is 117 cm³/mol. The van der Waals surface area contributed by atoms with Gasteiger partial charge >= 0.3 is 0 Å². The molecule has 4 aromatic carbocycles. The molecule has 0 aliphatic heterocycles. The zero-order valence-corrected chi connectivity index (χ0v) is 16.5. The summed E-state index contributed by atoms with van der Waals surface area (Å²) < 4.78 is 1.37. The van der Waals surface area contributed by atoms with Crippen LogP contribution in [0.25, 0.3) is 42.4 Å². The Kier molecular flexibility index (Phi) is 3.44. The summed E-state index contributed by atoms with van der Waals surface area (Å²) in [4.78, 5) is 0. The standard InChI is InChI=1S/C23H20SSi/c1-25(2)14-15-3-4-16-13-22-17(12-18(16)11-15)5-6-19-20(22)7-8-23-21(19)9-10-24-23/h3-13,25H,14H2,1-2H3. The lowest BCUT2D eigenvalue weighted by Gasteiger charge is -2.09. The van der Waals surface area contributed by atoms with Crippen LogP contribution in [0.2, 0.25) is 13.1 Å². The molecule has 0 amide bonds. The molecule has 0 atom stereocenters. The van der Waals surface area contributed by atoms with Gasteiger partial charge in [-0.05, 0) is 68.0 Å². The van der Waals surface area contributed by atoms with E-state index in [1.165, 1.54) is 54.0 Å². The molecule has 25 heavy (non-hydrogen) atoms. The van der Waals surface area contributed by atoms with Crippen LogP contribution < -0.4 is 0 Å². The third kappa shape index (κ3) is 2.48. The molecule has 0 N–H and O–H groups in total. The number of fused-ring (bicyclic) bond motifs is 6. The van der Waals surface area contributed by atoms with E-state index in [0.29, 0.717) is 0 Å². The predicted octanol–water partition coefficient (Wildman–Crippen LogP) is 6.93. The van der Waals surface area contributed by atoms with Crippen LogP contribution in [0.15, 0.2) is 66.0 Å². The first-order valence-corrected chi connectivity index (χ1v) is 12.9. The molecule has 5 aromatic rings. The van der Waals surface area contributed by atoms with Gasteiger partial charge < -0.3 is 0 Å². The minimum Gasteiger partial charge on any atom is -0.144 e. The minimum absolute atomic E-state index is 0.577. The Labute approximate surface area is 153 Å². The monoisotopic (exact) mass is 356 g/mol. The second kappa shape index (κ2) is 5.69. The third-order valence-corrected chi connectivity index (χ3v) is 7.28. The van der Waals surface area contributed by atoms with Crippen molar-refractivity contribution in [2.75, 3.05) is 0 Å². The van der Waals surface area contributed by atoms with Gasteiger partial charge in [-0.15, -0.1) is 11.3 Å². The van der Waals surface area contributed by atoms with Gasteiger partial charge in [-0.2, -0.15) is 0 Å². The number of hydrogen-bond donors (Lipinski definition) is 0. The highest BCUT2D eigenvalue weighted by Gasteiger charge is 2.07. The maximum absolute atomic E-state index is 2.42. The Balaban J connectivity index is 1.81. The van der Waals surface area contributed by atoms with Gasteiger partial charge in [0.15, 0.2) is 0 Å². The maximum Gasteiger partial charge on any atom is 0.0352 e. The first-order valence-electron chi connectivity index (χ1n) is 8.94. The van der Waals surface area contributed by atoms with Gasteiger partial charge in [0.25, 0.3) is 0 Å². The van der Waals surface area contributed by atoms with Crippen molar-refractivity contribution in [2.24, 2.45) is 0 Å². The van der Waals surface area contributed by atoms with Gasteiger partial charge in [0.2, 0.25) is 0 Å². The zero-order valence-electron chi connectivity index (χ0n) is 14.5. The smallest absolute Gasteiger partial charge is 0.0352 e. The Bertz CT molecular complexity index is 1250. The molecule has 0 nitrogen and oxygen atoms in total. The van der Waals surface area contributed by atoms with Crippen molar-refractivity contribution >= 4 is 62.5 Å². The fourth-order valence-electron chi connectivity index (χ4n) is 3.99. The van der Waals surface area contributed by atoms with E-state index >= 15 is 0 Å². The lowest BCUT2D eigenvalue weighted by atomic mass is 9.96. The molecule has 122 valence electrons. The van der Waals surface area contributed by atoms with Crippen LogP contribution in [0, 0.1) is 0 Å². The normalized spacial score (nSPS) is 12.1. The summed E-state index contributed by atoms with van der Waals surface area (Å²) in [5.74, 6) is 0. The van der Waals surface area contributed by atoms with Crippen molar-refractivity contribution in [3.05, 3.63) is 71.6 Å². The third-order valence-electron chi connectivity index (χ3n) is 5.11. The molecule has 0 saturated heterocycles. The van der Waals surface area contributed by atoms with Crippen LogP contribution in [0.1, 0.15) is 5.56 Å². The molecular weight excluding hydrogens is 336 g/mol. The fourth-order valence-corrected chi connectivity index (χ4v) is 5.99. The molecular formula is C23H20SSi. The van der Waals surface area contributed by atoms with Crippen molar-refractivity contribution in [2.45, 2.75) is 19.1 Å². The first kappa shape index (κ1) is 15.1. The van der Waals surface area contributed by atoms with Crippen molar-refractivity contribution < 1.29 is 0 Å². The van der Waals surface area contributed by atoms with Crippen LogP contribution in [0.4, 0.5) is 0 Å². The Morgan fingerprint density at radius 3 is 2.36 bits per heavy atom. The van der Waals surface area contributed by atoms with E-state index in [1.54, 1.807) is 0 Å². The Morgan fingerprint density at radius 1 is 0.680 bits per heavy atom. The molecule has 0 aliphatic rings. The molecule has 2 heteroatoms. The lowest BCUT2D eigenvalue weighted by molar-refractivity contribution is 1.37. The van der Waals surface area contributed by atoms with E-state index in [1.807, 2.05) is 11.3 Å². The van der Waals surface area contributed by atoms with Crippen molar-refractivity contribution in [3.8, 4) is 0 Å². The van der Waals surface area contributed by atoms with Gasteiger partial charge in [0.1, 0.15) is 0 Å². The van der Waals surface area contributed by atoms with Gasteiger partial charge in [0, 0.05) is 18.9 Å². The number of rotatable bonds is 2. The highest BCUT2D eigenvalue weighted by atomic mass is 32.1. The average molecular weight is 357 g/mol. The second-order valence-corrected chi connectivity index (χ2v) is 11.6. The summed E-state index contributed by atoms with van der Waals surface area (Å²) >= 11 is 1.82. The van der Waals surface area contributed by atoms with Crippen LogP contribution in [-0.2, 0) is 6.04 Å². The summed E-state index contributed by atoms with van der Waals surface area (Å²) in [6, 6.07) is 24.4. The lowest BCUT2D eigenvalue weighted by Crippen LogP contribution is -2.04. The SMILES string of the molecule is C[SiH](C)Cc1ccc2cc3c(ccc4c5ccsc5ccc34)cc2c1. The van der Waals surface area contributed by atoms with E-state index in [9.17, 15) is 0 Å². The van der Waals surface area contributed by atoms with Crippen LogP contribution >= 0.6 is 11.3 Å². The average Bonchev–Trinajstić information content (AvgIpc) is 3.08. The molecule has 0 radical (unpaired) electrons. The summed E-state index contributed by atoms with van der Waals surface area (Å²) in [5.41, 5.74) is 1.49. The van der Waals surface area contributed by atoms with Crippen LogP contribution in [0.5, 0.6) is 0 Å². The van der Waals surface area contributed by atoms with E-state index in [-0.39, 0.29) is 0 Å². The summed E-state index contributed by atoms with van der Waals surface area (Å²) in [7, 11) is -0.577. The number of thiophene rings is 1. The molecule has 0 fully saturated rings. The quantitative estimate of drug-likeness (QED) is 0.183. The van der Waals surface area contributed by atoms with E-state index in [4.69, 9.17) is 0 Å². The molecule has 1 heterocycles.